The van der Waals surface area contributed by atoms with Gasteiger partial charge in [0.15, 0.2) is 12.2 Å². The van der Waals surface area contributed by atoms with Gasteiger partial charge in [0, 0.05) is 25.7 Å². The first-order chi connectivity index (χ1) is 45.9. The highest BCUT2D eigenvalue weighted by Gasteiger charge is 2.30. The van der Waals surface area contributed by atoms with E-state index in [1.54, 1.807) is 0 Å². The van der Waals surface area contributed by atoms with Crippen molar-refractivity contribution in [1.82, 2.24) is 0 Å². The second-order valence-electron chi connectivity index (χ2n) is 27.9. The van der Waals surface area contributed by atoms with E-state index in [1.807, 2.05) is 0 Å². The molecule has 0 rings (SSSR count). The number of aliphatic hydroxyl groups is 1. The lowest BCUT2D eigenvalue weighted by molar-refractivity contribution is -0.161. The van der Waals surface area contributed by atoms with Gasteiger partial charge in [0.25, 0.3) is 0 Å². The van der Waals surface area contributed by atoms with Gasteiger partial charge < -0.3 is 33.8 Å². The zero-order valence-electron chi connectivity index (χ0n) is 62.0. The number of unbranched alkanes of at least 4 members (excludes halogenated alkanes) is 43. The summed E-state index contributed by atoms with van der Waals surface area (Å²) < 4.78 is 68.3. The van der Waals surface area contributed by atoms with Crippen LogP contribution in [0, 0.1) is 11.8 Å². The van der Waals surface area contributed by atoms with Gasteiger partial charge in [-0.2, -0.15) is 0 Å². The number of hydrogen-bond acceptors (Lipinski definition) is 15. The zero-order chi connectivity index (χ0) is 70.0. The number of aliphatic hydroxyl groups excluding tert-OH is 1. The Balaban J connectivity index is 5.12. The lowest BCUT2D eigenvalue weighted by Crippen LogP contribution is -2.30. The third-order valence-corrected chi connectivity index (χ3v) is 20.3. The van der Waals surface area contributed by atoms with Crippen molar-refractivity contribution in [3.63, 3.8) is 0 Å². The van der Waals surface area contributed by atoms with Crippen LogP contribution in [0.5, 0.6) is 0 Å². The molecule has 19 heteroatoms. The normalized spacial score (nSPS) is 14.6. The third-order valence-electron chi connectivity index (χ3n) is 18.4. The lowest BCUT2D eigenvalue weighted by Gasteiger charge is -2.21. The Hall–Kier alpha value is -1.94. The molecule has 0 aliphatic rings. The lowest BCUT2D eigenvalue weighted by atomic mass is 9.99. The number of hydrogen-bond donors (Lipinski definition) is 3. The maximum atomic E-state index is 13.1. The van der Waals surface area contributed by atoms with E-state index < -0.39 is 97.5 Å². The minimum atomic E-state index is -4.96. The van der Waals surface area contributed by atoms with E-state index in [9.17, 15) is 43.2 Å². The molecule has 0 radical (unpaired) electrons. The van der Waals surface area contributed by atoms with E-state index >= 15 is 0 Å². The predicted molar refractivity (Wildman–Crippen MR) is 386 cm³/mol. The van der Waals surface area contributed by atoms with Gasteiger partial charge in [-0.15, -0.1) is 0 Å². The Bertz CT molecular complexity index is 1840. The molecule has 0 aliphatic heterocycles. The van der Waals surface area contributed by atoms with E-state index in [1.165, 1.54) is 193 Å². The van der Waals surface area contributed by atoms with Crippen LogP contribution in [0.2, 0.25) is 0 Å². The molecule has 0 spiro atoms. The quantitative estimate of drug-likeness (QED) is 0.0222. The molecule has 17 nitrogen and oxygen atoms in total. The zero-order valence-corrected chi connectivity index (χ0v) is 63.8. The van der Waals surface area contributed by atoms with Crippen molar-refractivity contribution in [3.05, 3.63) is 0 Å². The van der Waals surface area contributed by atoms with Crippen molar-refractivity contribution < 1.29 is 80.2 Å². The smallest absolute Gasteiger partial charge is 0.462 e. The molecule has 0 aliphatic carbocycles. The number of ether oxygens (including phenoxy) is 4. The van der Waals surface area contributed by atoms with Gasteiger partial charge in [-0.25, -0.2) is 9.13 Å². The van der Waals surface area contributed by atoms with Gasteiger partial charge in [-0.05, 0) is 37.5 Å². The molecule has 0 aromatic heterocycles. The summed E-state index contributed by atoms with van der Waals surface area (Å²) in [6.07, 6.45) is 55.8. The van der Waals surface area contributed by atoms with Crippen LogP contribution in [-0.4, -0.2) is 96.7 Å². The molecule has 0 aromatic rings. The first-order valence-electron chi connectivity index (χ1n) is 39.6. The van der Waals surface area contributed by atoms with Crippen LogP contribution >= 0.6 is 15.6 Å². The van der Waals surface area contributed by atoms with Crippen molar-refractivity contribution in [2.24, 2.45) is 11.8 Å². The maximum Gasteiger partial charge on any atom is 0.472 e. The minimum absolute atomic E-state index is 0.105. The minimum Gasteiger partial charge on any atom is -0.462 e. The second-order valence-corrected chi connectivity index (χ2v) is 30.8. The molecular formula is C76H148O17P2. The summed E-state index contributed by atoms with van der Waals surface area (Å²) in [6.45, 7) is 9.64. The average molecular weight is 1400 g/mol. The van der Waals surface area contributed by atoms with Crippen molar-refractivity contribution in [1.29, 1.82) is 0 Å². The number of phosphoric ester groups is 2. The molecule has 0 aromatic carbocycles. The van der Waals surface area contributed by atoms with Crippen molar-refractivity contribution in [3.8, 4) is 0 Å². The van der Waals surface area contributed by atoms with Gasteiger partial charge in [0.2, 0.25) is 0 Å². The monoisotopic (exact) mass is 1400 g/mol. The van der Waals surface area contributed by atoms with Gasteiger partial charge in [-0.3, -0.25) is 37.3 Å². The molecule has 4 unspecified atom stereocenters. The predicted octanol–water partition coefficient (Wildman–Crippen LogP) is 22.3. The summed E-state index contributed by atoms with van der Waals surface area (Å²) in [4.78, 5) is 72.5. The SMILES string of the molecule is CCCCCCCCCCC(=O)O[C@H](COC(=O)CCCCCCCCC)COP(=O)(O)OC[C@H](O)COP(=O)(O)OC[C@@H](COC(=O)CCCCCCCCCCCCCCCCC(C)CC)OC(=O)CCCCCCCCCCCCCCCCCCCCC(C)CC. The van der Waals surface area contributed by atoms with Crippen LogP contribution in [-0.2, 0) is 65.4 Å². The number of esters is 4. The first kappa shape index (κ1) is 93.1. The Labute approximate surface area is 581 Å². The molecule has 0 saturated heterocycles. The molecule has 0 heterocycles. The molecular weight excluding hydrogens is 1250 g/mol. The van der Waals surface area contributed by atoms with Gasteiger partial charge in [-0.1, -0.05) is 343 Å². The van der Waals surface area contributed by atoms with E-state index in [4.69, 9.17) is 37.0 Å². The van der Waals surface area contributed by atoms with E-state index in [-0.39, 0.29) is 25.7 Å². The van der Waals surface area contributed by atoms with Crippen LogP contribution in [0.4, 0.5) is 0 Å². The van der Waals surface area contributed by atoms with Gasteiger partial charge >= 0.3 is 39.5 Å². The maximum absolute atomic E-state index is 13.1. The Morgan fingerprint density at radius 3 is 0.747 bits per heavy atom. The van der Waals surface area contributed by atoms with Crippen molar-refractivity contribution >= 4 is 39.5 Å². The number of carbonyl (C=O) groups excluding carboxylic acids is 4. The second kappa shape index (κ2) is 67.9. The van der Waals surface area contributed by atoms with Crippen LogP contribution in [0.15, 0.2) is 0 Å². The molecule has 0 bridgehead atoms. The van der Waals surface area contributed by atoms with Crippen LogP contribution in [0.25, 0.3) is 0 Å². The topological polar surface area (TPSA) is 237 Å². The first-order valence-corrected chi connectivity index (χ1v) is 42.6. The van der Waals surface area contributed by atoms with Crippen LogP contribution in [0.1, 0.15) is 395 Å². The van der Waals surface area contributed by atoms with Gasteiger partial charge in [0.1, 0.15) is 19.3 Å². The highest BCUT2D eigenvalue weighted by Crippen LogP contribution is 2.45. The summed E-state index contributed by atoms with van der Waals surface area (Å²) in [6, 6.07) is 0. The fraction of sp³-hybridized carbons (Fsp3) is 0.947. The van der Waals surface area contributed by atoms with Gasteiger partial charge in [0.05, 0.1) is 26.4 Å². The molecule has 0 saturated carbocycles. The highest BCUT2D eigenvalue weighted by molar-refractivity contribution is 7.47. The number of rotatable bonds is 75. The van der Waals surface area contributed by atoms with E-state index in [0.717, 1.165) is 121 Å². The molecule has 7 atom stereocenters. The Kier molecular flexibility index (Phi) is 66.5. The molecule has 3 N–H and O–H groups in total. The van der Waals surface area contributed by atoms with E-state index in [2.05, 4.69) is 41.5 Å². The number of phosphoric acid groups is 2. The van der Waals surface area contributed by atoms with Crippen LogP contribution in [0.3, 0.4) is 0 Å². The van der Waals surface area contributed by atoms with Crippen molar-refractivity contribution in [2.75, 3.05) is 39.6 Å². The average Bonchev–Trinajstić information content (AvgIpc) is 2.85. The molecule has 0 fully saturated rings. The Morgan fingerprint density at radius 1 is 0.295 bits per heavy atom. The standard InChI is InChI=1S/C76H148O17P2/c1-7-11-13-15-17-41-48-54-60-75(80)92-71(64-86-73(78)58-52-46-38-16-14-12-8-2)66-90-94(82,83)88-62-70(77)63-89-95(84,85)91-67-72(65-87-74(79)59-53-47-42-36-32-28-25-24-27-31-35-40-45-51-57-69(6)10-4)93-76(81)61-55-49-43-37-33-29-23-21-19-18-20-22-26-30-34-39-44-50-56-68(5)9-3/h68-72,77H,7-67H2,1-6H3,(H,82,83)(H,84,85)/t68?,69?,70-,71+,72+/m0/s1. The summed E-state index contributed by atoms with van der Waals surface area (Å²) >= 11 is 0. The Morgan fingerprint density at radius 2 is 0.505 bits per heavy atom. The highest BCUT2D eigenvalue weighted by atomic mass is 31.2. The summed E-state index contributed by atoms with van der Waals surface area (Å²) in [5.41, 5.74) is 0. The summed E-state index contributed by atoms with van der Waals surface area (Å²) in [5, 5.41) is 10.6. The fourth-order valence-corrected chi connectivity index (χ4v) is 13.2. The summed E-state index contributed by atoms with van der Waals surface area (Å²) in [5.74, 6) is -0.403. The molecule has 95 heavy (non-hydrogen) atoms. The largest absolute Gasteiger partial charge is 0.472 e. The summed E-state index contributed by atoms with van der Waals surface area (Å²) in [7, 11) is -9.90. The number of carbonyl (C=O) groups is 4. The van der Waals surface area contributed by atoms with E-state index in [0.29, 0.717) is 25.7 Å². The van der Waals surface area contributed by atoms with Crippen LogP contribution < -0.4 is 0 Å². The fourth-order valence-electron chi connectivity index (χ4n) is 11.6. The van der Waals surface area contributed by atoms with Crippen molar-refractivity contribution in [2.45, 2.75) is 413 Å². The molecule has 564 valence electrons. The third kappa shape index (κ3) is 67.6. The molecule has 0 amide bonds.